The van der Waals surface area contributed by atoms with Gasteiger partial charge in [-0.25, -0.2) is 0 Å². The Balaban J connectivity index is 1.85. The molecule has 1 aliphatic rings. The van der Waals surface area contributed by atoms with Gasteiger partial charge in [-0.1, -0.05) is 18.6 Å². The van der Waals surface area contributed by atoms with E-state index in [9.17, 15) is 9.59 Å². The van der Waals surface area contributed by atoms with Gasteiger partial charge < -0.3 is 15.4 Å². The molecule has 0 aromatic heterocycles. The van der Waals surface area contributed by atoms with Crippen LogP contribution in [0.4, 0.5) is 5.69 Å². The van der Waals surface area contributed by atoms with Crippen LogP contribution in [0.15, 0.2) is 24.3 Å². The lowest BCUT2D eigenvalue weighted by atomic mass is 10.0. The highest BCUT2D eigenvalue weighted by atomic mass is 32.2. The summed E-state index contributed by atoms with van der Waals surface area (Å²) in [6.07, 6.45) is 3.12. The molecule has 2 rings (SSSR count). The van der Waals surface area contributed by atoms with E-state index < -0.39 is 0 Å². The van der Waals surface area contributed by atoms with Gasteiger partial charge in [0.1, 0.15) is 0 Å². The molecule has 0 radical (unpaired) electrons. The number of hydrogen-bond acceptors (Lipinski definition) is 5. The smallest absolute Gasteiger partial charge is 0.315 e. The van der Waals surface area contributed by atoms with Crippen molar-refractivity contribution in [1.82, 2.24) is 5.32 Å². The second-order valence-electron chi connectivity index (χ2n) is 5.26. The van der Waals surface area contributed by atoms with Crippen LogP contribution in [0.25, 0.3) is 0 Å². The van der Waals surface area contributed by atoms with Gasteiger partial charge in [0, 0.05) is 11.4 Å². The van der Waals surface area contributed by atoms with Crippen molar-refractivity contribution in [2.24, 2.45) is 0 Å². The van der Waals surface area contributed by atoms with Gasteiger partial charge in [0.15, 0.2) is 0 Å². The number of carbonyl (C=O) groups is 2. The number of anilines is 1. The van der Waals surface area contributed by atoms with E-state index in [0.717, 1.165) is 37.1 Å². The van der Waals surface area contributed by atoms with E-state index >= 15 is 0 Å². The van der Waals surface area contributed by atoms with Crippen LogP contribution in [-0.4, -0.2) is 37.3 Å². The van der Waals surface area contributed by atoms with Crippen LogP contribution in [-0.2, 0) is 20.1 Å². The summed E-state index contributed by atoms with van der Waals surface area (Å²) in [5.41, 5.74) is 1.87. The summed E-state index contributed by atoms with van der Waals surface area (Å²) < 4.78 is 4.61. The first-order valence-electron chi connectivity index (χ1n) is 7.47. The van der Waals surface area contributed by atoms with Crippen molar-refractivity contribution >= 4 is 29.3 Å². The normalized spacial score (nSPS) is 17.8. The number of amides is 1. The fraction of sp³-hybridized carbons (Fsp3) is 0.500. The van der Waals surface area contributed by atoms with Crippen molar-refractivity contribution in [3.05, 3.63) is 29.8 Å². The Morgan fingerprint density at radius 1 is 1.41 bits per heavy atom. The Morgan fingerprint density at radius 3 is 3.00 bits per heavy atom. The third kappa shape index (κ3) is 5.35. The number of thioether (sulfide) groups is 1. The molecule has 0 spiro atoms. The summed E-state index contributed by atoms with van der Waals surface area (Å²) in [5.74, 6) is 0.844. The number of ether oxygens (including phenoxy) is 1. The molecule has 1 unspecified atom stereocenters. The number of nitrogens with one attached hydrogen (secondary N) is 2. The summed E-state index contributed by atoms with van der Waals surface area (Å²) in [6.45, 7) is 0.905. The summed E-state index contributed by atoms with van der Waals surface area (Å²) in [4.78, 5) is 23.3. The molecule has 1 aliphatic heterocycles. The highest BCUT2D eigenvalue weighted by molar-refractivity contribution is 7.99. The molecule has 1 fully saturated rings. The maximum atomic E-state index is 12.2. The molecule has 1 heterocycles. The SMILES string of the molecule is COC(=O)CSCc1cccc(NC(=O)C2CCCCN2)c1. The molecule has 6 heteroatoms. The van der Waals surface area contributed by atoms with Gasteiger partial charge in [-0.15, -0.1) is 11.8 Å². The van der Waals surface area contributed by atoms with E-state index in [1.165, 1.54) is 18.9 Å². The van der Waals surface area contributed by atoms with Crippen LogP contribution in [0.1, 0.15) is 24.8 Å². The first-order valence-corrected chi connectivity index (χ1v) is 8.62. The van der Waals surface area contributed by atoms with Gasteiger partial charge in [-0.3, -0.25) is 9.59 Å². The van der Waals surface area contributed by atoms with Gasteiger partial charge in [0.25, 0.3) is 0 Å². The molecule has 5 nitrogen and oxygen atoms in total. The van der Waals surface area contributed by atoms with Gasteiger partial charge in [0.2, 0.25) is 5.91 Å². The zero-order valence-electron chi connectivity index (χ0n) is 12.8. The van der Waals surface area contributed by atoms with E-state index in [1.54, 1.807) is 0 Å². The van der Waals surface area contributed by atoms with Crippen LogP contribution < -0.4 is 10.6 Å². The minimum atomic E-state index is -0.224. The minimum absolute atomic E-state index is 0.0269. The zero-order chi connectivity index (χ0) is 15.8. The molecule has 2 N–H and O–H groups in total. The molecule has 0 saturated carbocycles. The number of benzene rings is 1. The molecule has 120 valence electrons. The lowest BCUT2D eigenvalue weighted by Crippen LogP contribution is -2.43. The van der Waals surface area contributed by atoms with Crippen molar-refractivity contribution in [2.75, 3.05) is 24.7 Å². The number of carbonyl (C=O) groups excluding carboxylic acids is 2. The third-order valence-corrected chi connectivity index (χ3v) is 4.51. The summed E-state index contributed by atoms with van der Waals surface area (Å²) in [7, 11) is 1.39. The first-order chi connectivity index (χ1) is 10.7. The fourth-order valence-electron chi connectivity index (χ4n) is 2.35. The van der Waals surface area contributed by atoms with Crippen LogP contribution in [0.3, 0.4) is 0 Å². The maximum absolute atomic E-state index is 12.2. The van der Waals surface area contributed by atoms with Gasteiger partial charge >= 0.3 is 5.97 Å². The molecule has 22 heavy (non-hydrogen) atoms. The van der Waals surface area contributed by atoms with E-state index in [4.69, 9.17) is 0 Å². The second-order valence-corrected chi connectivity index (χ2v) is 6.25. The molecular formula is C16H22N2O3S. The van der Waals surface area contributed by atoms with E-state index in [1.807, 2.05) is 24.3 Å². The maximum Gasteiger partial charge on any atom is 0.315 e. The van der Waals surface area contributed by atoms with Gasteiger partial charge in [0.05, 0.1) is 18.9 Å². The van der Waals surface area contributed by atoms with E-state index in [2.05, 4.69) is 15.4 Å². The standard InChI is InChI=1S/C16H22N2O3S/c1-21-15(19)11-22-10-12-5-4-6-13(9-12)18-16(20)14-7-2-3-8-17-14/h4-6,9,14,17H,2-3,7-8,10-11H2,1H3,(H,18,20). The number of piperidine rings is 1. The molecule has 0 aliphatic carbocycles. The van der Waals surface area contributed by atoms with E-state index in [-0.39, 0.29) is 17.9 Å². The highest BCUT2D eigenvalue weighted by Crippen LogP contribution is 2.17. The molecule has 1 aromatic rings. The van der Waals surface area contributed by atoms with Crippen molar-refractivity contribution in [1.29, 1.82) is 0 Å². The highest BCUT2D eigenvalue weighted by Gasteiger charge is 2.20. The van der Waals surface area contributed by atoms with E-state index in [0.29, 0.717) is 11.5 Å². The molecule has 1 saturated heterocycles. The fourth-order valence-corrected chi connectivity index (χ4v) is 3.16. The number of methoxy groups -OCH3 is 1. The lowest BCUT2D eigenvalue weighted by molar-refractivity contribution is -0.137. The van der Waals surface area contributed by atoms with Crippen molar-refractivity contribution in [3.8, 4) is 0 Å². The molecular weight excluding hydrogens is 300 g/mol. The minimum Gasteiger partial charge on any atom is -0.468 e. The summed E-state index contributed by atoms with van der Waals surface area (Å²) >= 11 is 1.50. The van der Waals surface area contributed by atoms with Crippen molar-refractivity contribution in [2.45, 2.75) is 31.1 Å². The quantitative estimate of drug-likeness (QED) is 0.786. The summed E-state index contributed by atoms with van der Waals surface area (Å²) in [6, 6.07) is 7.64. The van der Waals surface area contributed by atoms with Crippen LogP contribution in [0, 0.1) is 0 Å². The predicted molar refractivity (Wildman–Crippen MR) is 88.9 cm³/mol. The van der Waals surface area contributed by atoms with Gasteiger partial charge in [-0.05, 0) is 37.1 Å². The van der Waals surface area contributed by atoms with Gasteiger partial charge in [-0.2, -0.15) is 0 Å². The Labute approximate surface area is 135 Å². The monoisotopic (exact) mass is 322 g/mol. The topological polar surface area (TPSA) is 67.4 Å². The van der Waals surface area contributed by atoms with Crippen molar-refractivity contribution in [3.63, 3.8) is 0 Å². The molecule has 1 atom stereocenters. The molecule has 1 amide bonds. The zero-order valence-corrected chi connectivity index (χ0v) is 13.6. The number of esters is 1. The Kier molecular flexibility index (Phi) is 6.74. The molecule has 1 aromatic carbocycles. The molecule has 0 bridgehead atoms. The second kappa shape index (κ2) is 8.80. The number of rotatable bonds is 6. The first kappa shape index (κ1) is 16.8. The lowest BCUT2D eigenvalue weighted by Gasteiger charge is -2.22. The Hall–Kier alpha value is -1.53. The van der Waals surface area contributed by atoms with Crippen LogP contribution >= 0.6 is 11.8 Å². The largest absolute Gasteiger partial charge is 0.468 e. The predicted octanol–water partition coefficient (Wildman–Crippen LogP) is 2.17. The number of hydrogen-bond donors (Lipinski definition) is 2. The third-order valence-electron chi connectivity index (χ3n) is 3.54. The Morgan fingerprint density at radius 2 is 2.27 bits per heavy atom. The van der Waals surface area contributed by atoms with Crippen LogP contribution in [0.2, 0.25) is 0 Å². The average Bonchev–Trinajstić information content (AvgIpc) is 2.56. The average molecular weight is 322 g/mol. The Bertz CT molecular complexity index is 516. The summed E-state index contributed by atoms with van der Waals surface area (Å²) in [5, 5.41) is 6.20. The van der Waals surface area contributed by atoms with Crippen LogP contribution in [0.5, 0.6) is 0 Å². The van der Waals surface area contributed by atoms with Crippen molar-refractivity contribution < 1.29 is 14.3 Å².